The fraction of sp³-hybridized carbons (Fsp3) is 0.889. The zero-order chi connectivity index (χ0) is 8.69. The van der Waals surface area contributed by atoms with Gasteiger partial charge in [0.1, 0.15) is 0 Å². The van der Waals surface area contributed by atoms with Crippen molar-refractivity contribution in [3.05, 3.63) is 0 Å². The molecule has 11 heavy (non-hydrogen) atoms. The average molecular weight is 158 g/mol. The molecule has 2 heteroatoms. The average Bonchev–Trinajstić information content (AvgIpc) is 2.00. The number of hydrogen-bond donors (Lipinski definition) is 0. The Morgan fingerprint density at radius 2 is 2.00 bits per heavy atom. The molecule has 0 saturated heterocycles. The number of rotatable bonds is 5. The Morgan fingerprint density at radius 3 is 2.36 bits per heavy atom. The number of hydrogen-bond acceptors (Lipinski definition) is 2. The van der Waals surface area contributed by atoms with Crippen molar-refractivity contribution in [1.82, 2.24) is 0 Å². The molecule has 0 aliphatic heterocycles. The highest BCUT2D eigenvalue weighted by molar-refractivity contribution is 5.72. The second kappa shape index (κ2) is 6.20. The lowest BCUT2D eigenvalue weighted by Gasteiger charge is -2.11. The lowest BCUT2D eigenvalue weighted by molar-refractivity contribution is -0.148. The number of esters is 1. The van der Waals surface area contributed by atoms with Gasteiger partial charge in [0.2, 0.25) is 0 Å². The van der Waals surface area contributed by atoms with Crippen LogP contribution in [0.1, 0.15) is 40.0 Å². The lowest BCUT2D eigenvalue weighted by atomic mass is 10.0. The van der Waals surface area contributed by atoms with E-state index >= 15 is 0 Å². The third kappa shape index (κ3) is 4.02. The fourth-order valence-electron chi connectivity index (χ4n) is 1.10. The molecule has 66 valence electrons. The van der Waals surface area contributed by atoms with E-state index in [2.05, 4.69) is 6.92 Å². The van der Waals surface area contributed by atoms with Crippen LogP contribution in [0.2, 0.25) is 0 Å². The molecule has 0 spiro atoms. The highest BCUT2D eigenvalue weighted by Crippen LogP contribution is 2.12. The van der Waals surface area contributed by atoms with Gasteiger partial charge in [0, 0.05) is 0 Å². The largest absolute Gasteiger partial charge is 0.466 e. The Kier molecular flexibility index (Phi) is 5.90. The van der Waals surface area contributed by atoms with E-state index in [0.717, 1.165) is 19.3 Å². The summed E-state index contributed by atoms with van der Waals surface area (Å²) >= 11 is 0. The van der Waals surface area contributed by atoms with Crippen LogP contribution in [0.15, 0.2) is 0 Å². The SMILES string of the molecule is CCC[C@@H](CC)C(=O)OCC. The van der Waals surface area contributed by atoms with E-state index in [-0.39, 0.29) is 11.9 Å². The molecule has 0 rings (SSSR count). The monoisotopic (exact) mass is 158 g/mol. The Morgan fingerprint density at radius 1 is 1.36 bits per heavy atom. The Labute approximate surface area is 68.9 Å². The maximum absolute atomic E-state index is 11.1. The third-order valence-electron chi connectivity index (χ3n) is 1.75. The first-order valence-corrected chi connectivity index (χ1v) is 4.42. The van der Waals surface area contributed by atoms with Crippen LogP contribution in [-0.4, -0.2) is 12.6 Å². The van der Waals surface area contributed by atoms with Crippen LogP contribution in [0, 0.1) is 5.92 Å². The minimum atomic E-state index is -0.0307. The number of carbonyl (C=O) groups is 1. The molecule has 1 atom stereocenters. The van der Waals surface area contributed by atoms with Crippen LogP contribution in [0.5, 0.6) is 0 Å². The van der Waals surface area contributed by atoms with Crippen LogP contribution < -0.4 is 0 Å². The first-order valence-electron chi connectivity index (χ1n) is 4.42. The summed E-state index contributed by atoms with van der Waals surface area (Å²) in [5.41, 5.74) is 0. The predicted octanol–water partition coefficient (Wildman–Crippen LogP) is 2.38. The van der Waals surface area contributed by atoms with Gasteiger partial charge in [0.15, 0.2) is 0 Å². The minimum Gasteiger partial charge on any atom is -0.466 e. The van der Waals surface area contributed by atoms with E-state index in [1.165, 1.54) is 0 Å². The minimum absolute atomic E-state index is 0.0307. The van der Waals surface area contributed by atoms with Gasteiger partial charge in [0.25, 0.3) is 0 Å². The lowest BCUT2D eigenvalue weighted by Crippen LogP contribution is -2.16. The van der Waals surface area contributed by atoms with Gasteiger partial charge in [-0.1, -0.05) is 20.3 Å². The molecular formula is C9H18O2. The molecule has 0 aromatic heterocycles. The van der Waals surface area contributed by atoms with Gasteiger partial charge in [-0.2, -0.15) is 0 Å². The normalized spacial score (nSPS) is 12.6. The summed E-state index contributed by atoms with van der Waals surface area (Å²) < 4.78 is 4.91. The van der Waals surface area contributed by atoms with E-state index in [1.807, 2.05) is 13.8 Å². The van der Waals surface area contributed by atoms with Crippen molar-refractivity contribution in [2.45, 2.75) is 40.0 Å². The smallest absolute Gasteiger partial charge is 0.308 e. The fourth-order valence-corrected chi connectivity index (χ4v) is 1.10. The van der Waals surface area contributed by atoms with Crippen molar-refractivity contribution in [3.8, 4) is 0 Å². The molecule has 0 amide bonds. The van der Waals surface area contributed by atoms with Crippen LogP contribution >= 0.6 is 0 Å². The van der Waals surface area contributed by atoms with Crippen molar-refractivity contribution in [3.63, 3.8) is 0 Å². The van der Waals surface area contributed by atoms with Crippen LogP contribution in [-0.2, 0) is 9.53 Å². The van der Waals surface area contributed by atoms with Crippen molar-refractivity contribution >= 4 is 5.97 Å². The van der Waals surface area contributed by atoms with E-state index in [0.29, 0.717) is 6.61 Å². The van der Waals surface area contributed by atoms with Gasteiger partial charge < -0.3 is 4.74 Å². The summed E-state index contributed by atoms with van der Waals surface area (Å²) in [5, 5.41) is 0. The molecule has 0 saturated carbocycles. The quantitative estimate of drug-likeness (QED) is 0.574. The summed E-state index contributed by atoms with van der Waals surface area (Å²) in [7, 11) is 0. The molecule has 0 N–H and O–H groups in total. The molecule has 0 fully saturated rings. The standard InChI is InChI=1S/C9H18O2/c1-4-7-8(5-2)9(10)11-6-3/h8H,4-7H2,1-3H3/t8-/m1/s1. The highest BCUT2D eigenvalue weighted by Gasteiger charge is 2.15. The maximum Gasteiger partial charge on any atom is 0.308 e. The van der Waals surface area contributed by atoms with Crippen molar-refractivity contribution in [1.29, 1.82) is 0 Å². The highest BCUT2D eigenvalue weighted by atomic mass is 16.5. The Balaban J connectivity index is 3.71. The van der Waals surface area contributed by atoms with Gasteiger partial charge >= 0.3 is 5.97 Å². The Bertz CT molecular complexity index is 110. The molecule has 0 heterocycles. The van der Waals surface area contributed by atoms with Crippen molar-refractivity contribution in [2.24, 2.45) is 5.92 Å². The van der Waals surface area contributed by atoms with Crippen LogP contribution in [0.3, 0.4) is 0 Å². The second-order valence-electron chi connectivity index (χ2n) is 2.65. The van der Waals surface area contributed by atoms with Crippen molar-refractivity contribution < 1.29 is 9.53 Å². The van der Waals surface area contributed by atoms with Gasteiger partial charge in [-0.15, -0.1) is 0 Å². The molecule has 0 aromatic rings. The van der Waals surface area contributed by atoms with Gasteiger partial charge in [0.05, 0.1) is 12.5 Å². The molecular weight excluding hydrogens is 140 g/mol. The summed E-state index contributed by atoms with van der Waals surface area (Å²) in [5.74, 6) is 0.0943. The first-order chi connectivity index (χ1) is 5.26. The molecule has 0 aromatic carbocycles. The third-order valence-corrected chi connectivity index (χ3v) is 1.75. The van der Waals surface area contributed by atoms with Crippen LogP contribution in [0.4, 0.5) is 0 Å². The predicted molar refractivity (Wildman–Crippen MR) is 45.3 cm³/mol. The van der Waals surface area contributed by atoms with Gasteiger partial charge in [-0.05, 0) is 19.8 Å². The molecule has 0 bridgehead atoms. The maximum atomic E-state index is 11.1. The van der Waals surface area contributed by atoms with Crippen LogP contribution in [0.25, 0.3) is 0 Å². The van der Waals surface area contributed by atoms with Gasteiger partial charge in [-0.3, -0.25) is 4.79 Å². The van der Waals surface area contributed by atoms with E-state index in [4.69, 9.17) is 4.74 Å². The van der Waals surface area contributed by atoms with Crippen molar-refractivity contribution in [2.75, 3.05) is 6.61 Å². The molecule has 0 aliphatic rings. The summed E-state index contributed by atoms with van der Waals surface area (Å²) in [6.45, 7) is 6.45. The van der Waals surface area contributed by atoms with E-state index in [9.17, 15) is 4.79 Å². The number of carbonyl (C=O) groups excluding carboxylic acids is 1. The molecule has 0 radical (unpaired) electrons. The van der Waals surface area contributed by atoms with E-state index < -0.39 is 0 Å². The summed E-state index contributed by atoms with van der Waals surface area (Å²) in [4.78, 5) is 11.1. The molecule has 2 nitrogen and oxygen atoms in total. The number of ether oxygens (including phenoxy) is 1. The first kappa shape index (κ1) is 10.5. The summed E-state index contributed by atoms with van der Waals surface area (Å²) in [6, 6.07) is 0. The zero-order valence-corrected chi connectivity index (χ0v) is 7.72. The topological polar surface area (TPSA) is 26.3 Å². The summed E-state index contributed by atoms with van der Waals surface area (Å²) in [6.07, 6.45) is 2.90. The Hall–Kier alpha value is -0.530. The molecule has 0 aliphatic carbocycles. The van der Waals surface area contributed by atoms with E-state index in [1.54, 1.807) is 0 Å². The second-order valence-corrected chi connectivity index (χ2v) is 2.65. The zero-order valence-electron chi connectivity index (χ0n) is 7.72. The van der Waals surface area contributed by atoms with Gasteiger partial charge in [-0.25, -0.2) is 0 Å². The molecule has 0 unspecified atom stereocenters.